The number of sulfonamides is 1. The van der Waals surface area contributed by atoms with E-state index in [0.29, 0.717) is 25.6 Å². The second kappa shape index (κ2) is 9.98. The third kappa shape index (κ3) is 5.66. The minimum Gasteiger partial charge on any atom is -0.337 e. The van der Waals surface area contributed by atoms with Crippen LogP contribution in [0.2, 0.25) is 0 Å². The van der Waals surface area contributed by atoms with Gasteiger partial charge in [0.25, 0.3) is 0 Å². The van der Waals surface area contributed by atoms with E-state index in [4.69, 9.17) is 0 Å². The van der Waals surface area contributed by atoms with Gasteiger partial charge in [-0.25, -0.2) is 17.2 Å². The molecule has 2 aromatic carbocycles. The van der Waals surface area contributed by atoms with E-state index < -0.39 is 33.6 Å². The van der Waals surface area contributed by atoms with E-state index in [1.807, 2.05) is 0 Å². The van der Waals surface area contributed by atoms with Crippen LogP contribution in [0.3, 0.4) is 0 Å². The third-order valence-corrected chi connectivity index (χ3v) is 7.14. The zero-order valence-electron chi connectivity index (χ0n) is 16.9. The molecule has 9 heteroatoms. The molecule has 0 aromatic heterocycles. The van der Waals surface area contributed by atoms with Crippen molar-refractivity contribution < 1.29 is 22.0 Å². The van der Waals surface area contributed by atoms with Gasteiger partial charge in [-0.3, -0.25) is 4.79 Å². The molecule has 0 spiro atoms. The molecule has 1 fully saturated rings. The number of carbonyl (C=O) groups excluding carboxylic acids is 1. The van der Waals surface area contributed by atoms with Gasteiger partial charge in [-0.05, 0) is 43.0 Å². The first-order valence-electron chi connectivity index (χ1n) is 10.0. The molecule has 1 saturated heterocycles. The number of carbonyl (C=O) groups is 1. The molecule has 6 nitrogen and oxygen atoms in total. The lowest BCUT2D eigenvalue weighted by molar-refractivity contribution is -0.121. The standard InChI is InChI=1S/C22H23F2N3O3S/c23-17-7-10-19(20(24)14-17)21(15-25)26-22(28)11-6-16-4-8-18(9-5-16)31(29,30)27-12-2-1-3-13-27/h4-5,7-10,14,21H,1-3,6,11-13H2,(H,26,28). The van der Waals surface area contributed by atoms with Gasteiger partial charge in [0.15, 0.2) is 0 Å². The number of aryl methyl sites for hydroxylation is 1. The fraction of sp³-hybridized carbons (Fsp3) is 0.364. The fourth-order valence-corrected chi connectivity index (χ4v) is 5.01. The summed E-state index contributed by atoms with van der Waals surface area (Å²) in [6.07, 6.45) is 3.10. The highest BCUT2D eigenvalue weighted by Crippen LogP contribution is 2.21. The molecular formula is C22H23F2N3O3S. The number of hydrogen-bond acceptors (Lipinski definition) is 4. The van der Waals surface area contributed by atoms with Gasteiger partial charge in [0.1, 0.15) is 17.7 Å². The predicted molar refractivity (Wildman–Crippen MR) is 110 cm³/mol. The molecule has 1 N–H and O–H groups in total. The normalized spacial score (nSPS) is 15.8. The van der Waals surface area contributed by atoms with Crippen molar-refractivity contribution in [3.63, 3.8) is 0 Å². The summed E-state index contributed by atoms with van der Waals surface area (Å²) >= 11 is 0. The Bertz CT molecular complexity index is 1080. The number of amides is 1. The smallest absolute Gasteiger partial charge is 0.243 e. The van der Waals surface area contributed by atoms with Crippen molar-refractivity contribution in [2.75, 3.05) is 13.1 Å². The number of rotatable bonds is 7. The molecule has 1 heterocycles. The lowest BCUT2D eigenvalue weighted by Gasteiger charge is -2.25. The summed E-state index contributed by atoms with van der Waals surface area (Å²) in [7, 11) is -3.51. The monoisotopic (exact) mass is 447 g/mol. The average Bonchev–Trinajstić information content (AvgIpc) is 2.77. The highest BCUT2D eigenvalue weighted by atomic mass is 32.2. The van der Waals surface area contributed by atoms with Gasteiger partial charge in [-0.1, -0.05) is 24.6 Å². The van der Waals surface area contributed by atoms with Crippen molar-refractivity contribution in [1.29, 1.82) is 5.26 Å². The van der Waals surface area contributed by atoms with E-state index in [1.165, 1.54) is 16.4 Å². The average molecular weight is 448 g/mol. The van der Waals surface area contributed by atoms with Crippen molar-refractivity contribution in [3.8, 4) is 6.07 Å². The maximum atomic E-state index is 13.9. The zero-order chi connectivity index (χ0) is 22.4. The molecule has 3 rings (SSSR count). The van der Waals surface area contributed by atoms with Crippen molar-refractivity contribution >= 4 is 15.9 Å². The Morgan fingerprint density at radius 2 is 1.77 bits per heavy atom. The summed E-state index contributed by atoms with van der Waals surface area (Å²) in [5.74, 6) is -2.15. The fourth-order valence-electron chi connectivity index (χ4n) is 3.49. The third-order valence-electron chi connectivity index (χ3n) is 5.22. The number of benzene rings is 2. The van der Waals surface area contributed by atoms with Crippen LogP contribution in [-0.4, -0.2) is 31.7 Å². The number of hydrogen-bond donors (Lipinski definition) is 1. The Morgan fingerprint density at radius 3 is 2.39 bits per heavy atom. The van der Waals surface area contributed by atoms with Crippen molar-refractivity contribution in [3.05, 3.63) is 65.2 Å². The molecule has 1 aliphatic rings. The lowest BCUT2D eigenvalue weighted by atomic mass is 10.1. The number of piperidine rings is 1. The van der Waals surface area contributed by atoms with Crippen LogP contribution in [0.25, 0.3) is 0 Å². The van der Waals surface area contributed by atoms with E-state index in [0.717, 1.165) is 37.0 Å². The van der Waals surface area contributed by atoms with Crippen LogP contribution in [0.1, 0.15) is 42.9 Å². The highest BCUT2D eigenvalue weighted by molar-refractivity contribution is 7.89. The summed E-state index contributed by atoms with van der Waals surface area (Å²) in [5.41, 5.74) is 0.652. The molecule has 1 atom stereocenters. The molecule has 0 radical (unpaired) electrons. The van der Waals surface area contributed by atoms with Gasteiger partial charge in [0.05, 0.1) is 11.0 Å². The molecule has 1 amide bonds. The van der Waals surface area contributed by atoms with Gasteiger partial charge in [0, 0.05) is 31.1 Å². The first-order valence-corrected chi connectivity index (χ1v) is 11.5. The van der Waals surface area contributed by atoms with E-state index in [9.17, 15) is 27.3 Å². The Morgan fingerprint density at radius 1 is 1.10 bits per heavy atom. The van der Waals surface area contributed by atoms with Crippen LogP contribution in [0, 0.1) is 23.0 Å². The second-order valence-corrected chi connectivity index (χ2v) is 9.34. The number of halogens is 2. The predicted octanol–water partition coefficient (Wildman–Crippen LogP) is 3.45. The van der Waals surface area contributed by atoms with Crippen LogP contribution in [0.5, 0.6) is 0 Å². The summed E-state index contributed by atoms with van der Waals surface area (Å²) in [5, 5.41) is 11.7. The first kappa shape index (κ1) is 22.8. The SMILES string of the molecule is N#CC(NC(=O)CCc1ccc(S(=O)(=O)N2CCCCC2)cc1)c1ccc(F)cc1F. The zero-order valence-corrected chi connectivity index (χ0v) is 17.7. The Kier molecular flexibility index (Phi) is 7.36. The molecule has 164 valence electrons. The largest absolute Gasteiger partial charge is 0.337 e. The molecule has 2 aromatic rings. The molecule has 0 saturated carbocycles. The van der Waals surface area contributed by atoms with Gasteiger partial charge >= 0.3 is 0 Å². The maximum Gasteiger partial charge on any atom is 0.243 e. The van der Waals surface area contributed by atoms with Crippen LogP contribution in [0.15, 0.2) is 47.4 Å². The first-order chi connectivity index (χ1) is 14.8. The molecule has 1 unspecified atom stereocenters. The second-order valence-electron chi connectivity index (χ2n) is 7.40. The van der Waals surface area contributed by atoms with E-state index in [2.05, 4.69) is 5.32 Å². The topological polar surface area (TPSA) is 90.3 Å². The number of nitrogens with one attached hydrogen (secondary N) is 1. The Balaban J connectivity index is 1.58. The van der Waals surface area contributed by atoms with Crippen molar-refractivity contribution in [2.45, 2.75) is 43.0 Å². The van der Waals surface area contributed by atoms with Crippen LogP contribution in [-0.2, 0) is 21.2 Å². The Labute approximate surface area is 180 Å². The van der Waals surface area contributed by atoms with Crippen molar-refractivity contribution in [2.24, 2.45) is 0 Å². The summed E-state index contributed by atoms with van der Waals surface area (Å²) in [4.78, 5) is 12.4. The molecular weight excluding hydrogens is 424 g/mol. The Hall–Kier alpha value is -2.83. The summed E-state index contributed by atoms with van der Waals surface area (Å²) in [6.45, 7) is 1.05. The number of nitriles is 1. The minimum absolute atomic E-state index is 0.0270. The van der Waals surface area contributed by atoms with Crippen molar-refractivity contribution in [1.82, 2.24) is 9.62 Å². The maximum absolute atomic E-state index is 13.9. The van der Waals surface area contributed by atoms with E-state index in [-0.39, 0.29) is 16.9 Å². The molecule has 1 aliphatic heterocycles. The van der Waals surface area contributed by atoms with Crippen LogP contribution < -0.4 is 5.32 Å². The van der Waals surface area contributed by atoms with Gasteiger partial charge < -0.3 is 5.32 Å². The van der Waals surface area contributed by atoms with Gasteiger partial charge in [-0.2, -0.15) is 9.57 Å². The van der Waals surface area contributed by atoms with E-state index in [1.54, 1.807) is 18.2 Å². The molecule has 0 aliphatic carbocycles. The van der Waals surface area contributed by atoms with Crippen LogP contribution in [0.4, 0.5) is 8.78 Å². The number of nitrogens with zero attached hydrogens (tertiary/aromatic N) is 2. The lowest BCUT2D eigenvalue weighted by Crippen LogP contribution is -2.35. The summed E-state index contributed by atoms with van der Waals surface area (Å²) in [6, 6.07) is 9.75. The van der Waals surface area contributed by atoms with E-state index >= 15 is 0 Å². The quantitative estimate of drug-likeness (QED) is 0.704. The molecule has 0 bridgehead atoms. The molecule has 31 heavy (non-hydrogen) atoms. The van der Waals surface area contributed by atoms with Crippen LogP contribution >= 0.6 is 0 Å². The van der Waals surface area contributed by atoms with Gasteiger partial charge in [0.2, 0.25) is 15.9 Å². The van der Waals surface area contributed by atoms with Gasteiger partial charge in [-0.15, -0.1) is 0 Å². The summed E-state index contributed by atoms with van der Waals surface area (Å²) < 4.78 is 53.8. The minimum atomic E-state index is -3.51. The highest BCUT2D eigenvalue weighted by Gasteiger charge is 2.25.